The number of hydrogen-bond donors (Lipinski definition) is 1. The summed E-state index contributed by atoms with van der Waals surface area (Å²) < 4.78 is 47.7. The topological polar surface area (TPSA) is 89.5 Å². The van der Waals surface area contributed by atoms with Gasteiger partial charge in [-0.1, -0.05) is 11.3 Å². The number of fused-ring (bicyclic) bond motifs is 4. The van der Waals surface area contributed by atoms with E-state index in [4.69, 9.17) is 9.47 Å². The van der Waals surface area contributed by atoms with E-state index in [2.05, 4.69) is 25.2 Å². The fourth-order valence-electron chi connectivity index (χ4n) is 5.97. The molecule has 4 aliphatic rings. The second kappa shape index (κ2) is 11.0. The van der Waals surface area contributed by atoms with Crippen LogP contribution in [0.25, 0.3) is 0 Å². The van der Waals surface area contributed by atoms with Gasteiger partial charge in [-0.15, -0.1) is 0 Å². The van der Waals surface area contributed by atoms with Crippen LogP contribution in [0.2, 0.25) is 0 Å². The van der Waals surface area contributed by atoms with Crippen molar-refractivity contribution in [1.29, 1.82) is 0 Å². The Morgan fingerprint density at radius 3 is 2.45 bits per heavy atom. The van der Waals surface area contributed by atoms with Crippen molar-refractivity contribution >= 4 is 17.2 Å². The van der Waals surface area contributed by atoms with Gasteiger partial charge in [0.15, 0.2) is 19.0 Å². The molecule has 2 aromatic heterocycles. The maximum Gasteiger partial charge on any atom is 0.422 e. The average Bonchev–Trinajstić information content (AvgIpc) is 3.19. The third-order valence-electron chi connectivity index (χ3n) is 8.33. The number of halogens is 3. The molecule has 0 saturated heterocycles. The summed E-state index contributed by atoms with van der Waals surface area (Å²) in [5.41, 5.74) is 1.08. The number of ether oxygens (including phenoxy) is 2. The van der Waals surface area contributed by atoms with Crippen LogP contribution in [0.1, 0.15) is 61.3 Å². The molecule has 6 rings (SSSR count). The molecule has 0 unspecified atom stereocenters. The number of carbonyl (C=O) groups excluding carboxylic acids is 1. The lowest BCUT2D eigenvalue weighted by Gasteiger charge is -2.54. The van der Waals surface area contributed by atoms with Crippen LogP contribution in [0.4, 0.5) is 13.2 Å². The van der Waals surface area contributed by atoms with Crippen molar-refractivity contribution in [2.24, 2.45) is 5.41 Å². The zero-order valence-electron chi connectivity index (χ0n) is 21.6. The van der Waals surface area contributed by atoms with Gasteiger partial charge in [-0.05, 0) is 70.3 Å². The molecular formula is C26H34F3N5O3S. The molecule has 12 heteroatoms. The lowest BCUT2D eigenvalue weighted by Crippen LogP contribution is -2.57. The molecule has 3 saturated carbocycles. The Bertz CT molecular complexity index is 1070. The zero-order chi connectivity index (χ0) is 26.8. The fourth-order valence-corrected chi connectivity index (χ4v) is 6.92. The molecule has 3 heterocycles. The van der Waals surface area contributed by atoms with Gasteiger partial charge in [0, 0.05) is 29.9 Å². The third kappa shape index (κ3) is 6.74. The van der Waals surface area contributed by atoms with Crippen LogP contribution in [0, 0.1) is 12.3 Å². The third-order valence-corrected chi connectivity index (χ3v) is 9.40. The smallest absolute Gasteiger partial charge is 0.422 e. The summed E-state index contributed by atoms with van der Waals surface area (Å²) in [4.78, 5) is 28.6. The fraction of sp³-hybridized carbons (Fsp3) is 0.692. The number of rotatable bonds is 9. The highest BCUT2D eigenvalue weighted by atomic mass is 32.1. The molecule has 0 radical (unpaired) electrons. The summed E-state index contributed by atoms with van der Waals surface area (Å²) in [7, 11) is 0. The van der Waals surface area contributed by atoms with Gasteiger partial charge in [0.2, 0.25) is 0 Å². The molecule has 38 heavy (non-hydrogen) atoms. The molecular weight excluding hydrogens is 519 g/mol. The minimum absolute atomic E-state index is 0.0371. The second-order valence-electron chi connectivity index (χ2n) is 10.9. The Hall–Kier alpha value is -2.47. The van der Waals surface area contributed by atoms with Crippen LogP contribution < -0.4 is 14.8 Å². The van der Waals surface area contributed by atoms with Crippen LogP contribution in [-0.2, 0) is 17.6 Å². The Balaban J connectivity index is 1.05. The van der Waals surface area contributed by atoms with Crippen LogP contribution in [0.3, 0.4) is 0 Å². The molecule has 8 nitrogen and oxygen atoms in total. The lowest BCUT2D eigenvalue weighted by atomic mass is 9.56. The van der Waals surface area contributed by atoms with Gasteiger partial charge < -0.3 is 19.7 Å². The summed E-state index contributed by atoms with van der Waals surface area (Å²) in [6, 6.07) is 0. The monoisotopic (exact) mass is 553 g/mol. The van der Waals surface area contributed by atoms with Crippen LogP contribution in [0.15, 0.2) is 12.4 Å². The maximum absolute atomic E-state index is 12.6. The highest BCUT2D eigenvalue weighted by Gasteiger charge is 2.49. The van der Waals surface area contributed by atoms with Crippen molar-refractivity contribution in [3.05, 3.63) is 28.8 Å². The van der Waals surface area contributed by atoms with Crippen molar-refractivity contribution in [3.63, 3.8) is 0 Å². The van der Waals surface area contributed by atoms with Gasteiger partial charge in [-0.25, -0.2) is 15.0 Å². The predicted octanol–water partition coefficient (Wildman–Crippen LogP) is 4.26. The van der Waals surface area contributed by atoms with E-state index in [1.54, 1.807) is 19.3 Å². The van der Waals surface area contributed by atoms with Crippen molar-refractivity contribution < 1.29 is 27.4 Å². The van der Waals surface area contributed by atoms with Gasteiger partial charge in [0.1, 0.15) is 5.82 Å². The number of nitrogens with zero attached hydrogens (tertiary/aromatic N) is 4. The van der Waals surface area contributed by atoms with E-state index in [9.17, 15) is 18.0 Å². The Morgan fingerprint density at radius 1 is 1.08 bits per heavy atom. The minimum Gasteiger partial charge on any atom is -0.481 e. The molecule has 0 atom stereocenters. The molecule has 3 fully saturated rings. The number of carbonyl (C=O) groups is 1. The lowest BCUT2D eigenvalue weighted by molar-refractivity contribution is -0.153. The van der Waals surface area contributed by atoms with Crippen LogP contribution >= 0.6 is 11.3 Å². The molecule has 0 aromatic carbocycles. The second-order valence-corrected chi connectivity index (χ2v) is 12.0. The number of nitrogens with one attached hydrogen (secondary N) is 1. The highest BCUT2D eigenvalue weighted by molar-refractivity contribution is 7.13. The Morgan fingerprint density at radius 2 is 1.76 bits per heavy atom. The molecule has 0 spiro atoms. The standard InChI is InChI=1S/C26H34F3N5O3S/c1-18-30-14-19(15-31-18)36-16-22(35)33-25-7-4-24(5-8-25,6-9-25)10-13-34-11-2-20-21(3-12-34)38-23(32-20)37-17-26(27,28)29/h14-15H,2-13,16-17H2,1H3,(H,33,35). The van der Waals surface area contributed by atoms with E-state index >= 15 is 0 Å². The van der Waals surface area contributed by atoms with Crippen LogP contribution in [0.5, 0.6) is 10.9 Å². The SMILES string of the molecule is Cc1ncc(OCC(=O)NC23CCC(CCN4CCc5nc(OCC(F)(F)F)sc5CC4)(CC2)CC3)cn1. The summed E-state index contributed by atoms with van der Waals surface area (Å²) in [5.74, 6) is 1.05. The van der Waals surface area contributed by atoms with Crippen LogP contribution in [-0.4, -0.2) is 70.3 Å². The van der Waals surface area contributed by atoms with Gasteiger partial charge in [-0.2, -0.15) is 13.2 Å². The van der Waals surface area contributed by atoms with E-state index in [-0.39, 0.29) is 23.2 Å². The number of hydrogen-bond acceptors (Lipinski definition) is 8. The van der Waals surface area contributed by atoms with E-state index < -0.39 is 12.8 Å². The summed E-state index contributed by atoms with van der Waals surface area (Å²) in [6.07, 6.45) is 7.79. The van der Waals surface area contributed by atoms with Gasteiger partial charge >= 0.3 is 6.18 Å². The van der Waals surface area contributed by atoms with Crippen molar-refractivity contribution in [3.8, 4) is 10.9 Å². The Kier molecular flexibility index (Phi) is 7.82. The number of thiazole rings is 1. The molecule has 1 N–H and O–H groups in total. The minimum atomic E-state index is -4.35. The number of alkyl halides is 3. The zero-order valence-corrected chi connectivity index (χ0v) is 22.4. The van der Waals surface area contributed by atoms with Crippen molar-refractivity contribution in [2.75, 3.05) is 32.8 Å². The van der Waals surface area contributed by atoms with Crippen molar-refractivity contribution in [2.45, 2.75) is 76.4 Å². The molecule has 2 bridgehead atoms. The summed E-state index contributed by atoms with van der Waals surface area (Å²) in [6.45, 7) is 3.22. The van der Waals surface area contributed by atoms with Gasteiger partial charge in [-0.3, -0.25) is 4.79 Å². The van der Waals surface area contributed by atoms with E-state index in [1.165, 1.54) is 11.3 Å². The molecule has 208 valence electrons. The summed E-state index contributed by atoms with van der Waals surface area (Å²) >= 11 is 1.24. The first-order valence-corrected chi connectivity index (χ1v) is 14.1. The largest absolute Gasteiger partial charge is 0.481 e. The number of aromatic nitrogens is 3. The first-order chi connectivity index (χ1) is 18.1. The van der Waals surface area contributed by atoms with Gasteiger partial charge in [0.25, 0.3) is 11.1 Å². The normalized spacial score (nSPS) is 25.5. The molecule has 3 aliphatic carbocycles. The number of amides is 1. The highest BCUT2D eigenvalue weighted by Crippen LogP contribution is 2.54. The molecule has 1 aliphatic heterocycles. The molecule has 1 amide bonds. The average molecular weight is 554 g/mol. The summed E-state index contributed by atoms with van der Waals surface area (Å²) in [5, 5.41) is 3.39. The van der Waals surface area contributed by atoms with Crippen molar-refractivity contribution in [1.82, 2.24) is 25.2 Å². The van der Waals surface area contributed by atoms with E-state index in [1.807, 2.05) is 0 Å². The molecule has 2 aromatic rings. The van der Waals surface area contributed by atoms with E-state index in [0.29, 0.717) is 17.0 Å². The Labute approximate surface area is 224 Å². The van der Waals surface area contributed by atoms with Gasteiger partial charge in [0.05, 0.1) is 18.1 Å². The predicted molar refractivity (Wildman–Crippen MR) is 135 cm³/mol. The quantitative estimate of drug-likeness (QED) is 0.496. The van der Waals surface area contributed by atoms with E-state index in [0.717, 1.165) is 88.0 Å². The number of aryl methyl sites for hydroxylation is 1. The first kappa shape index (κ1) is 27.1. The first-order valence-electron chi connectivity index (χ1n) is 13.2. The maximum atomic E-state index is 12.6.